The number of likely N-dealkylation sites (N-methyl/N-ethyl adjacent to an activating group) is 1. The Balaban J connectivity index is 2.36. The summed E-state index contributed by atoms with van der Waals surface area (Å²) in [5.74, 6) is -0.0264. The summed E-state index contributed by atoms with van der Waals surface area (Å²) >= 11 is 0. The molecule has 2 rings (SSSR count). The number of amides is 1. The van der Waals surface area contributed by atoms with Crippen LogP contribution in [0.1, 0.15) is 17.3 Å². The Labute approximate surface area is 99.2 Å². The monoisotopic (exact) mass is 230 g/mol. The van der Waals surface area contributed by atoms with Gasteiger partial charge in [0.25, 0.3) is 0 Å². The van der Waals surface area contributed by atoms with E-state index >= 15 is 0 Å². The lowest BCUT2D eigenvalue weighted by Crippen LogP contribution is -2.26. The van der Waals surface area contributed by atoms with Gasteiger partial charge >= 0.3 is 0 Å². The Morgan fingerprint density at radius 3 is 2.94 bits per heavy atom. The molecule has 0 bridgehead atoms. The highest BCUT2D eigenvalue weighted by molar-refractivity contribution is 5.97. The van der Waals surface area contributed by atoms with Crippen LogP contribution in [0.2, 0.25) is 0 Å². The summed E-state index contributed by atoms with van der Waals surface area (Å²) in [4.78, 5) is 22.4. The average molecular weight is 230 g/mol. The number of benzene rings is 1. The fourth-order valence-electron chi connectivity index (χ4n) is 1.90. The van der Waals surface area contributed by atoms with Crippen molar-refractivity contribution in [2.45, 2.75) is 13.5 Å². The van der Waals surface area contributed by atoms with Crippen LogP contribution in [0.25, 0.3) is 10.9 Å². The predicted octanol–water partition coefficient (Wildman–Crippen LogP) is 1.59. The summed E-state index contributed by atoms with van der Waals surface area (Å²) in [6.45, 7) is 2.79. The minimum absolute atomic E-state index is 0.0264. The quantitative estimate of drug-likeness (QED) is 0.811. The zero-order valence-electron chi connectivity index (χ0n) is 9.64. The van der Waals surface area contributed by atoms with Gasteiger partial charge in [-0.1, -0.05) is 12.1 Å². The summed E-state index contributed by atoms with van der Waals surface area (Å²) in [6.07, 6.45) is 2.66. The Bertz CT molecular complexity index is 558. The van der Waals surface area contributed by atoms with Crippen molar-refractivity contribution in [3.8, 4) is 0 Å². The number of rotatable bonds is 4. The first kappa shape index (κ1) is 11.4. The number of hydrogen-bond acceptors (Lipinski definition) is 2. The molecule has 0 saturated carbocycles. The standard InChI is InChI=1S/C13H14N2O2/c1-2-14-13(17)8-15-7-6-11-10(9-16)4-3-5-12(11)15/h3-7,9H,2,8H2,1H3,(H,14,17). The zero-order valence-corrected chi connectivity index (χ0v) is 9.64. The van der Waals surface area contributed by atoms with Crippen LogP contribution in [-0.4, -0.2) is 23.3 Å². The van der Waals surface area contributed by atoms with Gasteiger partial charge in [-0.25, -0.2) is 0 Å². The molecular weight excluding hydrogens is 216 g/mol. The number of hydrogen-bond donors (Lipinski definition) is 1. The summed E-state index contributed by atoms with van der Waals surface area (Å²) in [6, 6.07) is 7.35. The van der Waals surface area contributed by atoms with Gasteiger partial charge in [0.1, 0.15) is 6.54 Å². The molecule has 1 N–H and O–H groups in total. The number of carbonyl (C=O) groups excluding carboxylic acids is 2. The Morgan fingerprint density at radius 1 is 1.41 bits per heavy atom. The number of nitrogens with one attached hydrogen (secondary N) is 1. The second-order valence-corrected chi connectivity index (χ2v) is 3.80. The molecule has 0 aliphatic rings. The average Bonchev–Trinajstić information content (AvgIpc) is 2.73. The number of fused-ring (bicyclic) bond motifs is 1. The summed E-state index contributed by atoms with van der Waals surface area (Å²) in [5, 5.41) is 3.63. The van der Waals surface area contributed by atoms with E-state index in [9.17, 15) is 9.59 Å². The third kappa shape index (κ3) is 2.20. The van der Waals surface area contributed by atoms with Crippen molar-refractivity contribution in [2.24, 2.45) is 0 Å². The van der Waals surface area contributed by atoms with Gasteiger partial charge in [0, 0.05) is 29.2 Å². The minimum atomic E-state index is -0.0264. The third-order valence-electron chi connectivity index (χ3n) is 2.66. The van der Waals surface area contributed by atoms with Crippen molar-refractivity contribution >= 4 is 23.1 Å². The molecule has 0 saturated heterocycles. The molecule has 1 amide bonds. The van der Waals surface area contributed by atoms with Crippen molar-refractivity contribution in [2.75, 3.05) is 6.54 Å². The Morgan fingerprint density at radius 2 is 2.24 bits per heavy atom. The molecule has 88 valence electrons. The van der Waals surface area contributed by atoms with E-state index in [2.05, 4.69) is 5.32 Å². The van der Waals surface area contributed by atoms with Gasteiger partial charge in [0.15, 0.2) is 6.29 Å². The van der Waals surface area contributed by atoms with Crippen LogP contribution in [0.15, 0.2) is 30.5 Å². The highest BCUT2D eigenvalue weighted by atomic mass is 16.1. The molecule has 0 aliphatic heterocycles. The van der Waals surface area contributed by atoms with Gasteiger partial charge in [-0.05, 0) is 19.1 Å². The Hall–Kier alpha value is -2.10. The molecular formula is C13H14N2O2. The largest absolute Gasteiger partial charge is 0.355 e. The van der Waals surface area contributed by atoms with E-state index in [1.54, 1.807) is 6.07 Å². The molecule has 0 spiro atoms. The lowest BCUT2D eigenvalue weighted by atomic mass is 10.1. The van der Waals surface area contributed by atoms with Gasteiger partial charge < -0.3 is 9.88 Å². The molecule has 0 radical (unpaired) electrons. The predicted molar refractivity (Wildman–Crippen MR) is 66.0 cm³/mol. The van der Waals surface area contributed by atoms with Crippen LogP contribution >= 0.6 is 0 Å². The van der Waals surface area contributed by atoms with Crippen LogP contribution in [0.5, 0.6) is 0 Å². The van der Waals surface area contributed by atoms with Crippen LogP contribution in [-0.2, 0) is 11.3 Å². The fourth-order valence-corrected chi connectivity index (χ4v) is 1.90. The summed E-state index contributed by atoms with van der Waals surface area (Å²) in [5.41, 5.74) is 1.55. The van der Waals surface area contributed by atoms with E-state index < -0.39 is 0 Å². The van der Waals surface area contributed by atoms with Crippen LogP contribution < -0.4 is 5.32 Å². The molecule has 1 aromatic heterocycles. The maximum atomic E-state index is 11.5. The number of carbonyl (C=O) groups is 2. The zero-order chi connectivity index (χ0) is 12.3. The molecule has 4 heteroatoms. The van der Waals surface area contributed by atoms with Gasteiger partial charge in [-0.15, -0.1) is 0 Å². The molecule has 0 aliphatic carbocycles. The van der Waals surface area contributed by atoms with Crippen molar-refractivity contribution in [1.82, 2.24) is 9.88 Å². The lowest BCUT2D eigenvalue weighted by molar-refractivity contribution is -0.121. The van der Waals surface area contributed by atoms with Gasteiger partial charge in [-0.2, -0.15) is 0 Å². The van der Waals surface area contributed by atoms with Crippen LogP contribution in [0, 0.1) is 0 Å². The molecule has 0 fully saturated rings. The van der Waals surface area contributed by atoms with E-state index in [1.165, 1.54) is 0 Å². The topological polar surface area (TPSA) is 51.1 Å². The molecule has 1 heterocycles. The first-order chi connectivity index (χ1) is 8.26. The number of aldehydes is 1. The number of nitrogens with zero attached hydrogens (tertiary/aromatic N) is 1. The first-order valence-electron chi connectivity index (χ1n) is 5.56. The second kappa shape index (κ2) is 4.82. The molecule has 2 aromatic rings. The molecule has 0 unspecified atom stereocenters. The van der Waals surface area contributed by atoms with Gasteiger partial charge in [0.2, 0.25) is 5.91 Å². The van der Waals surface area contributed by atoms with E-state index in [4.69, 9.17) is 0 Å². The van der Waals surface area contributed by atoms with E-state index in [0.717, 1.165) is 17.2 Å². The molecule has 0 atom stereocenters. The smallest absolute Gasteiger partial charge is 0.239 e. The molecule has 17 heavy (non-hydrogen) atoms. The fraction of sp³-hybridized carbons (Fsp3) is 0.231. The molecule has 4 nitrogen and oxygen atoms in total. The third-order valence-corrected chi connectivity index (χ3v) is 2.66. The molecule has 1 aromatic carbocycles. The van der Waals surface area contributed by atoms with Crippen molar-refractivity contribution in [3.63, 3.8) is 0 Å². The summed E-state index contributed by atoms with van der Waals surface area (Å²) < 4.78 is 1.84. The van der Waals surface area contributed by atoms with Crippen LogP contribution in [0.3, 0.4) is 0 Å². The summed E-state index contributed by atoms with van der Waals surface area (Å²) in [7, 11) is 0. The highest BCUT2D eigenvalue weighted by Gasteiger charge is 2.07. The van der Waals surface area contributed by atoms with Crippen LogP contribution in [0.4, 0.5) is 0 Å². The van der Waals surface area contributed by atoms with Crippen molar-refractivity contribution in [1.29, 1.82) is 0 Å². The van der Waals surface area contributed by atoms with E-state index in [-0.39, 0.29) is 12.5 Å². The van der Waals surface area contributed by atoms with Crippen molar-refractivity contribution < 1.29 is 9.59 Å². The SMILES string of the molecule is CCNC(=O)Cn1ccc2c(C=O)cccc21. The second-order valence-electron chi connectivity index (χ2n) is 3.80. The minimum Gasteiger partial charge on any atom is -0.355 e. The van der Waals surface area contributed by atoms with E-state index in [0.29, 0.717) is 12.1 Å². The maximum Gasteiger partial charge on any atom is 0.239 e. The Kier molecular flexibility index (Phi) is 3.23. The normalized spacial score (nSPS) is 10.4. The first-order valence-corrected chi connectivity index (χ1v) is 5.56. The maximum absolute atomic E-state index is 11.5. The van der Waals surface area contributed by atoms with Crippen molar-refractivity contribution in [3.05, 3.63) is 36.0 Å². The van der Waals surface area contributed by atoms with Gasteiger partial charge in [-0.3, -0.25) is 9.59 Å². The number of aromatic nitrogens is 1. The highest BCUT2D eigenvalue weighted by Crippen LogP contribution is 2.18. The van der Waals surface area contributed by atoms with Gasteiger partial charge in [0.05, 0.1) is 0 Å². The lowest BCUT2D eigenvalue weighted by Gasteiger charge is -2.05. The van der Waals surface area contributed by atoms with E-state index in [1.807, 2.05) is 35.9 Å².